The lowest BCUT2D eigenvalue weighted by molar-refractivity contribution is -0.0923. The molecule has 0 amide bonds. The van der Waals surface area contributed by atoms with Crippen LogP contribution in [0.1, 0.15) is 64.2 Å². The van der Waals surface area contributed by atoms with E-state index in [4.69, 9.17) is 19.6 Å². The maximum atomic E-state index is 6.10. The summed E-state index contributed by atoms with van der Waals surface area (Å²) in [5, 5.41) is 0. The van der Waals surface area contributed by atoms with Gasteiger partial charge in [-0.1, -0.05) is 38.5 Å². The molecule has 16 heavy (non-hydrogen) atoms. The van der Waals surface area contributed by atoms with Gasteiger partial charge in [-0.2, -0.15) is 0 Å². The van der Waals surface area contributed by atoms with Gasteiger partial charge in [0.15, 0.2) is 0 Å². The summed E-state index contributed by atoms with van der Waals surface area (Å²) in [5.41, 5.74) is -0.00688. The van der Waals surface area contributed by atoms with Crippen molar-refractivity contribution in [1.29, 1.82) is 0 Å². The Balaban J connectivity index is 1.91. The minimum atomic E-state index is -0.663. The van der Waals surface area contributed by atoms with E-state index in [1.54, 1.807) is 0 Å². The van der Waals surface area contributed by atoms with Crippen LogP contribution in [-0.4, -0.2) is 11.2 Å². The zero-order chi connectivity index (χ0) is 11.1. The summed E-state index contributed by atoms with van der Waals surface area (Å²) in [6, 6.07) is 0. The van der Waals surface area contributed by atoms with Crippen LogP contribution in [0.15, 0.2) is 0 Å². The van der Waals surface area contributed by atoms with Gasteiger partial charge < -0.3 is 0 Å². The average molecular weight is 260 g/mol. The predicted octanol–water partition coefficient (Wildman–Crippen LogP) is 3.35. The van der Waals surface area contributed by atoms with Crippen molar-refractivity contribution in [2.24, 2.45) is 0 Å². The lowest BCUT2D eigenvalue weighted by Gasteiger charge is -2.45. The summed E-state index contributed by atoms with van der Waals surface area (Å²) >= 11 is 5.29. The lowest BCUT2D eigenvalue weighted by Crippen LogP contribution is -2.53. The fourth-order valence-corrected chi connectivity index (χ4v) is 5.73. The molecular formula is C12H20O2S2. The topological polar surface area (TPSA) is 18.5 Å². The highest BCUT2D eigenvalue weighted by Crippen LogP contribution is 2.54. The molecule has 0 aromatic carbocycles. The van der Waals surface area contributed by atoms with Crippen LogP contribution in [0.25, 0.3) is 0 Å². The summed E-state index contributed by atoms with van der Waals surface area (Å²) in [6.45, 7) is 0. The molecule has 0 N–H and O–H groups in total. The Bertz CT molecular complexity index is 263. The predicted molar refractivity (Wildman–Crippen MR) is 68.5 cm³/mol. The van der Waals surface area contributed by atoms with Crippen molar-refractivity contribution in [3.63, 3.8) is 0 Å². The zero-order valence-electron chi connectivity index (χ0n) is 9.70. The molecule has 0 aromatic rings. The summed E-state index contributed by atoms with van der Waals surface area (Å²) in [6.07, 6.45) is 12.6. The summed E-state index contributed by atoms with van der Waals surface area (Å²) in [7, 11) is -0.663. The lowest BCUT2D eigenvalue weighted by atomic mass is 9.66. The highest BCUT2D eigenvalue weighted by atomic mass is 32.8. The van der Waals surface area contributed by atoms with E-state index >= 15 is 0 Å². The third-order valence-corrected chi connectivity index (χ3v) is 5.93. The van der Waals surface area contributed by atoms with Crippen molar-refractivity contribution in [2.45, 2.75) is 75.4 Å². The van der Waals surface area contributed by atoms with Gasteiger partial charge in [0.2, 0.25) is 0 Å². The fraction of sp³-hybridized carbons (Fsp3) is 1.00. The molecule has 0 unspecified atom stereocenters. The highest BCUT2D eigenvalue weighted by Gasteiger charge is 2.59. The second-order valence-corrected chi connectivity index (χ2v) is 7.04. The van der Waals surface area contributed by atoms with E-state index in [2.05, 4.69) is 0 Å². The van der Waals surface area contributed by atoms with Gasteiger partial charge in [0.25, 0.3) is 0 Å². The number of hydrogen-bond acceptors (Lipinski definition) is 3. The zero-order valence-corrected chi connectivity index (χ0v) is 11.3. The van der Waals surface area contributed by atoms with Crippen LogP contribution in [0.3, 0.4) is 0 Å². The normalized spacial score (nSPS) is 33.5. The molecule has 0 aromatic heterocycles. The minimum absolute atomic E-state index is 0.00344. The molecule has 1 aliphatic heterocycles. The Morgan fingerprint density at radius 3 is 1.44 bits per heavy atom. The fourth-order valence-electron chi connectivity index (χ4n) is 3.75. The molecular weight excluding hydrogens is 240 g/mol. The minimum Gasteiger partial charge on any atom is -0.281 e. The van der Waals surface area contributed by atoms with Crippen LogP contribution < -0.4 is 0 Å². The second-order valence-electron chi connectivity index (χ2n) is 5.48. The first kappa shape index (κ1) is 11.6. The van der Waals surface area contributed by atoms with Gasteiger partial charge in [-0.15, -0.1) is 0 Å². The molecule has 3 aliphatic rings. The van der Waals surface area contributed by atoms with Crippen molar-refractivity contribution in [1.82, 2.24) is 0 Å². The maximum Gasteiger partial charge on any atom is 0.150 e. The van der Waals surface area contributed by atoms with Crippen LogP contribution in [0.2, 0.25) is 0 Å². The van der Waals surface area contributed by atoms with E-state index in [1.165, 1.54) is 64.2 Å². The first-order chi connectivity index (χ1) is 7.77. The Morgan fingerprint density at radius 2 is 1.06 bits per heavy atom. The molecule has 0 radical (unpaired) electrons. The molecule has 1 heterocycles. The van der Waals surface area contributed by atoms with E-state index in [-0.39, 0.29) is 11.2 Å². The monoisotopic (exact) mass is 260 g/mol. The molecule has 0 atom stereocenters. The van der Waals surface area contributed by atoms with Crippen molar-refractivity contribution in [3.05, 3.63) is 0 Å². The summed E-state index contributed by atoms with van der Waals surface area (Å²) in [4.78, 5) is 0. The Morgan fingerprint density at radius 1 is 0.688 bits per heavy atom. The largest absolute Gasteiger partial charge is 0.281 e. The Kier molecular flexibility index (Phi) is 3.11. The van der Waals surface area contributed by atoms with Crippen molar-refractivity contribution < 1.29 is 8.37 Å². The first-order valence-electron chi connectivity index (χ1n) is 6.57. The van der Waals surface area contributed by atoms with Crippen molar-refractivity contribution in [3.8, 4) is 0 Å². The first-order valence-corrected chi connectivity index (χ1v) is 8.57. The van der Waals surface area contributed by atoms with Crippen LogP contribution >= 0.6 is 0 Å². The SMILES string of the molecule is S=S1OC2(CCCCC2)C2(CCCCC2)O1. The molecule has 92 valence electrons. The van der Waals surface area contributed by atoms with Crippen molar-refractivity contribution in [2.75, 3.05) is 0 Å². The molecule has 3 fully saturated rings. The van der Waals surface area contributed by atoms with Crippen LogP contribution in [0, 0.1) is 0 Å². The smallest absolute Gasteiger partial charge is 0.150 e. The quantitative estimate of drug-likeness (QED) is 0.665. The summed E-state index contributed by atoms with van der Waals surface area (Å²) in [5.74, 6) is 0. The summed E-state index contributed by atoms with van der Waals surface area (Å²) < 4.78 is 12.2. The number of fused-ring (bicyclic) bond motifs is 1. The molecule has 2 aliphatic carbocycles. The maximum absolute atomic E-state index is 6.10. The van der Waals surface area contributed by atoms with Crippen molar-refractivity contribution >= 4 is 21.2 Å². The third-order valence-electron chi connectivity index (χ3n) is 4.61. The molecule has 2 saturated carbocycles. The van der Waals surface area contributed by atoms with E-state index in [1.807, 2.05) is 0 Å². The van der Waals surface area contributed by atoms with Gasteiger partial charge in [-0.3, -0.25) is 8.37 Å². The number of rotatable bonds is 0. The molecule has 0 bridgehead atoms. The van der Waals surface area contributed by atoms with Crippen LogP contribution in [0.5, 0.6) is 0 Å². The van der Waals surface area contributed by atoms with E-state index in [9.17, 15) is 0 Å². The number of hydrogen-bond donors (Lipinski definition) is 0. The van der Waals surface area contributed by atoms with Gasteiger partial charge in [0.05, 0.1) is 0 Å². The van der Waals surface area contributed by atoms with Gasteiger partial charge >= 0.3 is 0 Å². The van der Waals surface area contributed by atoms with Crippen LogP contribution in [-0.2, 0) is 29.6 Å². The highest BCUT2D eigenvalue weighted by molar-refractivity contribution is 8.23. The Hall–Kier alpha value is 0.490. The van der Waals surface area contributed by atoms with E-state index in [0.717, 1.165) is 0 Å². The van der Waals surface area contributed by atoms with Gasteiger partial charge in [-0.25, -0.2) is 0 Å². The molecule has 2 nitrogen and oxygen atoms in total. The third kappa shape index (κ3) is 1.69. The molecule has 1 saturated heterocycles. The van der Waals surface area contributed by atoms with Gasteiger partial charge in [0.1, 0.15) is 21.2 Å². The van der Waals surface area contributed by atoms with E-state index in [0.29, 0.717) is 0 Å². The Labute approximate surface area is 105 Å². The van der Waals surface area contributed by atoms with Crippen LogP contribution in [0.4, 0.5) is 0 Å². The molecule has 4 heteroatoms. The molecule has 2 spiro atoms. The average Bonchev–Trinajstić information content (AvgIpc) is 2.53. The standard InChI is InChI=1S/C12H20O2S2/c15-16-13-11(7-3-1-4-8-11)12(14-16)9-5-2-6-10-12/h1-10H2. The van der Waals surface area contributed by atoms with E-state index < -0.39 is 10.0 Å². The second kappa shape index (κ2) is 4.30. The van der Waals surface area contributed by atoms with Gasteiger partial charge in [-0.05, 0) is 25.7 Å². The van der Waals surface area contributed by atoms with Gasteiger partial charge in [0, 0.05) is 11.2 Å². The molecule has 3 rings (SSSR count).